The van der Waals surface area contributed by atoms with E-state index in [9.17, 15) is 4.79 Å². The molecule has 0 saturated carbocycles. The van der Waals surface area contributed by atoms with Gasteiger partial charge in [-0.2, -0.15) is 5.10 Å². The van der Waals surface area contributed by atoms with Crippen LogP contribution in [-0.4, -0.2) is 25.7 Å². The van der Waals surface area contributed by atoms with E-state index in [1.165, 1.54) is 6.33 Å². The first kappa shape index (κ1) is 15.4. The minimum atomic E-state index is -0.240. The molecule has 2 heterocycles. The number of carbonyl (C=O) groups excluding carboxylic acids is 1. The number of nitrogens with one attached hydrogen (secondary N) is 1. The summed E-state index contributed by atoms with van der Waals surface area (Å²) in [6.07, 6.45) is 1.40. The molecular weight excluding hydrogens is 358 g/mol. The van der Waals surface area contributed by atoms with Crippen LogP contribution in [0.15, 0.2) is 47.2 Å². The maximum atomic E-state index is 12.3. The molecule has 0 aliphatic rings. The summed E-state index contributed by atoms with van der Waals surface area (Å²) in [4.78, 5) is 20.6. The number of aryl methyl sites for hydroxylation is 2. The van der Waals surface area contributed by atoms with Crippen LogP contribution in [0, 0.1) is 13.8 Å². The van der Waals surface area contributed by atoms with E-state index in [1.807, 2.05) is 32.0 Å². The Hall–Kier alpha value is -2.54. The van der Waals surface area contributed by atoms with E-state index >= 15 is 0 Å². The van der Waals surface area contributed by atoms with Gasteiger partial charge < -0.3 is 5.32 Å². The van der Waals surface area contributed by atoms with Gasteiger partial charge in [0, 0.05) is 16.2 Å². The third-order valence-electron chi connectivity index (χ3n) is 3.24. The predicted molar refractivity (Wildman–Crippen MR) is 90.7 cm³/mol. The first-order chi connectivity index (χ1) is 11.0. The average Bonchev–Trinajstić information content (AvgIpc) is 2.86. The Labute approximate surface area is 141 Å². The topological polar surface area (TPSA) is 72.7 Å². The highest BCUT2D eigenvalue weighted by atomic mass is 79.9. The minimum absolute atomic E-state index is 0.240. The second-order valence-electron chi connectivity index (χ2n) is 5.03. The van der Waals surface area contributed by atoms with Crippen molar-refractivity contribution in [2.24, 2.45) is 0 Å². The van der Waals surface area contributed by atoms with Crippen LogP contribution in [-0.2, 0) is 0 Å². The Balaban J connectivity index is 1.87. The maximum Gasteiger partial charge on any atom is 0.257 e. The lowest BCUT2D eigenvalue weighted by atomic mass is 10.2. The van der Waals surface area contributed by atoms with Gasteiger partial charge in [-0.15, -0.1) is 0 Å². The number of aromatic nitrogens is 4. The minimum Gasteiger partial charge on any atom is -0.306 e. The van der Waals surface area contributed by atoms with Crippen molar-refractivity contribution in [2.75, 3.05) is 5.32 Å². The summed E-state index contributed by atoms with van der Waals surface area (Å²) < 4.78 is 2.44. The van der Waals surface area contributed by atoms with E-state index < -0.39 is 0 Å². The SMILES string of the molecule is Cc1cc(C)n(-c2cc(NC(=O)c3ccccc3Br)ncn2)n1. The zero-order valence-electron chi connectivity index (χ0n) is 12.6. The van der Waals surface area contributed by atoms with E-state index in [2.05, 4.69) is 36.3 Å². The summed E-state index contributed by atoms with van der Waals surface area (Å²) in [5, 5.41) is 7.15. The Bertz CT molecular complexity index is 874. The van der Waals surface area contributed by atoms with Crippen molar-refractivity contribution in [1.29, 1.82) is 0 Å². The average molecular weight is 372 g/mol. The first-order valence-electron chi connectivity index (χ1n) is 6.96. The Kier molecular flexibility index (Phi) is 4.20. The van der Waals surface area contributed by atoms with Crippen LogP contribution in [0.25, 0.3) is 5.82 Å². The second kappa shape index (κ2) is 6.29. The van der Waals surface area contributed by atoms with Crippen LogP contribution in [0.1, 0.15) is 21.7 Å². The van der Waals surface area contributed by atoms with Crippen molar-refractivity contribution in [3.63, 3.8) is 0 Å². The predicted octanol–water partition coefficient (Wildman–Crippen LogP) is 3.29. The Morgan fingerprint density at radius 1 is 1.17 bits per heavy atom. The van der Waals surface area contributed by atoms with Gasteiger partial charge in [-0.1, -0.05) is 12.1 Å². The van der Waals surface area contributed by atoms with Gasteiger partial charge in [0.05, 0.1) is 11.3 Å². The number of halogens is 1. The molecule has 23 heavy (non-hydrogen) atoms. The number of amides is 1. The molecule has 0 saturated heterocycles. The maximum absolute atomic E-state index is 12.3. The van der Waals surface area contributed by atoms with Crippen molar-refractivity contribution in [1.82, 2.24) is 19.7 Å². The van der Waals surface area contributed by atoms with Crippen molar-refractivity contribution in [3.8, 4) is 5.82 Å². The summed E-state index contributed by atoms with van der Waals surface area (Å²) >= 11 is 3.37. The summed E-state index contributed by atoms with van der Waals surface area (Å²) in [5.41, 5.74) is 2.41. The lowest BCUT2D eigenvalue weighted by molar-refractivity contribution is 0.102. The molecule has 0 spiro atoms. The number of hydrogen-bond acceptors (Lipinski definition) is 4. The molecule has 2 aromatic heterocycles. The number of anilines is 1. The second-order valence-corrected chi connectivity index (χ2v) is 5.89. The number of hydrogen-bond donors (Lipinski definition) is 1. The highest BCUT2D eigenvalue weighted by Crippen LogP contribution is 2.18. The molecule has 116 valence electrons. The quantitative estimate of drug-likeness (QED) is 0.766. The van der Waals surface area contributed by atoms with Gasteiger partial charge in [-0.3, -0.25) is 4.79 Å². The highest BCUT2D eigenvalue weighted by molar-refractivity contribution is 9.10. The molecular formula is C16H14BrN5O. The fourth-order valence-corrected chi connectivity index (χ4v) is 2.69. The number of benzene rings is 1. The van der Waals surface area contributed by atoms with E-state index in [-0.39, 0.29) is 5.91 Å². The molecule has 0 bridgehead atoms. The normalized spacial score (nSPS) is 10.6. The van der Waals surface area contributed by atoms with Gasteiger partial charge in [0.2, 0.25) is 0 Å². The Morgan fingerprint density at radius 2 is 1.96 bits per heavy atom. The molecule has 3 rings (SSSR count). The van der Waals surface area contributed by atoms with Crippen molar-refractivity contribution in [2.45, 2.75) is 13.8 Å². The number of nitrogens with zero attached hydrogens (tertiary/aromatic N) is 4. The van der Waals surface area contributed by atoms with Crippen LogP contribution in [0.2, 0.25) is 0 Å². The molecule has 7 heteroatoms. The molecule has 0 fully saturated rings. The Morgan fingerprint density at radius 3 is 2.65 bits per heavy atom. The fraction of sp³-hybridized carbons (Fsp3) is 0.125. The van der Waals surface area contributed by atoms with Gasteiger partial charge in [0.25, 0.3) is 5.91 Å². The molecule has 1 amide bonds. The third-order valence-corrected chi connectivity index (χ3v) is 3.93. The smallest absolute Gasteiger partial charge is 0.257 e. The molecule has 6 nitrogen and oxygen atoms in total. The monoisotopic (exact) mass is 371 g/mol. The van der Waals surface area contributed by atoms with Crippen LogP contribution >= 0.6 is 15.9 Å². The fourth-order valence-electron chi connectivity index (χ4n) is 2.22. The van der Waals surface area contributed by atoms with Crippen LogP contribution in [0.4, 0.5) is 5.82 Å². The van der Waals surface area contributed by atoms with Crippen molar-refractivity contribution >= 4 is 27.7 Å². The molecule has 1 aromatic carbocycles. The number of carbonyl (C=O) groups is 1. The van der Waals surface area contributed by atoms with Crippen LogP contribution in [0.3, 0.4) is 0 Å². The highest BCUT2D eigenvalue weighted by Gasteiger charge is 2.12. The lowest BCUT2D eigenvalue weighted by Gasteiger charge is -2.08. The molecule has 0 radical (unpaired) electrons. The van der Waals surface area contributed by atoms with Crippen LogP contribution < -0.4 is 5.32 Å². The van der Waals surface area contributed by atoms with E-state index in [1.54, 1.807) is 22.9 Å². The molecule has 0 aliphatic heterocycles. The molecule has 0 aliphatic carbocycles. The van der Waals surface area contributed by atoms with E-state index in [4.69, 9.17) is 0 Å². The molecule has 1 N–H and O–H groups in total. The van der Waals surface area contributed by atoms with E-state index in [0.717, 1.165) is 15.9 Å². The summed E-state index contributed by atoms with van der Waals surface area (Å²) in [6, 6.07) is 10.9. The first-order valence-corrected chi connectivity index (χ1v) is 7.75. The molecule has 3 aromatic rings. The lowest BCUT2D eigenvalue weighted by Crippen LogP contribution is -2.14. The summed E-state index contributed by atoms with van der Waals surface area (Å²) in [5.74, 6) is 0.784. The summed E-state index contributed by atoms with van der Waals surface area (Å²) in [6.45, 7) is 3.86. The zero-order valence-corrected chi connectivity index (χ0v) is 14.2. The van der Waals surface area contributed by atoms with Crippen molar-refractivity contribution < 1.29 is 4.79 Å². The van der Waals surface area contributed by atoms with Gasteiger partial charge in [0.15, 0.2) is 5.82 Å². The largest absolute Gasteiger partial charge is 0.306 e. The molecule has 0 atom stereocenters. The zero-order chi connectivity index (χ0) is 16.4. The van der Waals surface area contributed by atoms with Gasteiger partial charge >= 0.3 is 0 Å². The van der Waals surface area contributed by atoms with Crippen molar-refractivity contribution in [3.05, 3.63) is 64.1 Å². The van der Waals surface area contributed by atoms with Gasteiger partial charge in [-0.05, 0) is 48.0 Å². The molecule has 0 unspecified atom stereocenters. The third kappa shape index (κ3) is 3.29. The van der Waals surface area contributed by atoms with Crippen LogP contribution in [0.5, 0.6) is 0 Å². The van der Waals surface area contributed by atoms with E-state index in [0.29, 0.717) is 17.2 Å². The standard InChI is InChI=1S/C16H14BrN5O/c1-10-7-11(2)22(21-10)15-8-14(18-9-19-15)20-16(23)12-5-3-4-6-13(12)17/h3-9H,1-2H3,(H,18,19,20,23). The number of rotatable bonds is 3. The van der Waals surface area contributed by atoms with Gasteiger partial charge in [-0.25, -0.2) is 14.6 Å². The summed E-state index contributed by atoms with van der Waals surface area (Å²) in [7, 11) is 0. The van der Waals surface area contributed by atoms with Gasteiger partial charge in [0.1, 0.15) is 12.1 Å².